The molecule has 0 radical (unpaired) electrons. The van der Waals surface area contributed by atoms with E-state index in [2.05, 4.69) is 22.1 Å². The minimum Gasteiger partial charge on any atom is -0.361 e. The Morgan fingerprint density at radius 2 is 2.64 bits per heavy atom. The summed E-state index contributed by atoms with van der Waals surface area (Å²) in [6.07, 6.45) is 0.559. The molecule has 3 N–H and O–H groups in total. The lowest BCUT2D eigenvalue weighted by molar-refractivity contribution is -0.205. The predicted molar refractivity (Wildman–Crippen MR) is 45.0 cm³/mol. The Bertz CT molecular complexity index is 183. The second kappa shape index (κ2) is 3.54. The number of thiocarbonyl (C=S) groups is 1. The third-order valence-corrected chi connectivity index (χ3v) is 1.71. The summed E-state index contributed by atoms with van der Waals surface area (Å²) in [6, 6.07) is 0.183. The van der Waals surface area contributed by atoms with Gasteiger partial charge in [-0.15, -0.1) is 0 Å². The van der Waals surface area contributed by atoms with Crippen molar-refractivity contribution in [3.8, 4) is 0 Å². The Kier molecular flexibility index (Phi) is 2.67. The van der Waals surface area contributed by atoms with E-state index in [1.54, 1.807) is 0 Å². The van der Waals surface area contributed by atoms with Crippen LogP contribution in [0.3, 0.4) is 0 Å². The molecule has 0 bridgehead atoms. The highest BCUT2D eigenvalue weighted by atomic mass is 32.1. The first-order valence-corrected chi connectivity index (χ1v) is 3.66. The highest BCUT2D eigenvalue weighted by Gasteiger charge is 2.18. The second-order valence-electron chi connectivity index (χ2n) is 2.39. The zero-order valence-corrected chi connectivity index (χ0v) is 6.78. The summed E-state index contributed by atoms with van der Waals surface area (Å²) >= 11 is 4.83. The molecule has 0 aliphatic carbocycles. The SMILES string of the molecule is C=C(CC1CNC(=S)N1)OO. The van der Waals surface area contributed by atoms with Gasteiger partial charge in [0.25, 0.3) is 0 Å². The maximum atomic E-state index is 8.18. The summed E-state index contributed by atoms with van der Waals surface area (Å²) in [5.41, 5.74) is 0. The van der Waals surface area contributed by atoms with Crippen LogP contribution >= 0.6 is 12.2 Å². The Labute approximate surface area is 70.2 Å². The fraction of sp³-hybridized carbons (Fsp3) is 0.500. The van der Waals surface area contributed by atoms with Crippen molar-refractivity contribution < 1.29 is 10.1 Å². The van der Waals surface area contributed by atoms with Crippen LogP contribution < -0.4 is 10.6 Å². The summed E-state index contributed by atoms with van der Waals surface area (Å²) in [4.78, 5) is 3.94. The van der Waals surface area contributed by atoms with Crippen LogP contribution in [0.5, 0.6) is 0 Å². The molecule has 1 saturated heterocycles. The van der Waals surface area contributed by atoms with Gasteiger partial charge in [-0.1, -0.05) is 6.58 Å². The van der Waals surface area contributed by atoms with E-state index in [-0.39, 0.29) is 6.04 Å². The molecule has 1 aliphatic heterocycles. The van der Waals surface area contributed by atoms with E-state index < -0.39 is 0 Å². The summed E-state index contributed by atoms with van der Waals surface area (Å²) in [5, 5.41) is 14.7. The maximum Gasteiger partial charge on any atom is 0.166 e. The molecule has 0 aromatic rings. The molecule has 0 amide bonds. The first-order chi connectivity index (χ1) is 5.22. The number of nitrogens with one attached hydrogen (secondary N) is 2. The molecule has 1 unspecified atom stereocenters. The number of hydrogen-bond donors (Lipinski definition) is 3. The summed E-state index contributed by atoms with van der Waals surface area (Å²) in [7, 11) is 0. The quantitative estimate of drug-likeness (QED) is 0.247. The van der Waals surface area contributed by atoms with Crippen molar-refractivity contribution >= 4 is 17.3 Å². The molecule has 5 heteroatoms. The molecule has 0 aromatic heterocycles. The van der Waals surface area contributed by atoms with Crippen molar-refractivity contribution in [2.45, 2.75) is 12.5 Å². The van der Waals surface area contributed by atoms with Crippen LogP contribution in [-0.4, -0.2) is 23.0 Å². The van der Waals surface area contributed by atoms with Gasteiger partial charge < -0.3 is 15.5 Å². The summed E-state index contributed by atoms with van der Waals surface area (Å²) in [6.45, 7) is 4.23. The molecule has 62 valence electrons. The maximum absolute atomic E-state index is 8.18. The van der Waals surface area contributed by atoms with Crippen LogP contribution in [0.2, 0.25) is 0 Å². The normalized spacial score (nSPS) is 22.3. The third-order valence-electron chi connectivity index (χ3n) is 1.45. The zero-order chi connectivity index (χ0) is 8.27. The molecule has 0 saturated carbocycles. The molecule has 1 aliphatic rings. The topological polar surface area (TPSA) is 53.5 Å². The van der Waals surface area contributed by atoms with Gasteiger partial charge in [0, 0.05) is 13.0 Å². The molecule has 1 fully saturated rings. The highest BCUT2D eigenvalue weighted by molar-refractivity contribution is 7.80. The molecule has 1 rings (SSSR count). The number of rotatable bonds is 3. The van der Waals surface area contributed by atoms with Crippen LogP contribution in [0.25, 0.3) is 0 Å². The third kappa shape index (κ3) is 2.36. The van der Waals surface area contributed by atoms with Crippen molar-refractivity contribution in [3.05, 3.63) is 12.3 Å². The van der Waals surface area contributed by atoms with Crippen molar-refractivity contribution in [2.75, 3.05) is 6.54 Å². The van der Waals surface area contributed by atoms with Crippen molar-refractivity contribution in [3.63, 3.8) is 0 Å². The average Bonchev–Trinajstić information content (AvgIpc) is 2.35. The van der Waals surface area contributed by atoms with Crippen LogP contribution in [-0.2, 0) is 4.89 Å². The molecule has 1 heterocycles. The molecule has 4 nitrogen and oxygen atoms in total. The lowest BCUT2D eigenvalue weighted by atomic mass is 10.2. The van der Waals surface area contributed by atoms with E-state index in [0.717, 1.165) is 6.54 Å². The summed E-state index contributed by atoms with van der Waals surface area (Å²) < 4.78 is 0. The monoisotopic (exact) mass is 174 g/mol. The zero-order valence-electron chi connectivity index (χ0n) is 5.96. The van der Waals surface area contributed by atoms with Crippen molar-refractivity contribution in [1.82, 2.24) is 10.6 Å². The van der Waals surface area contributed by atoms with E-state index in [1.807, 2.05) is 0 Å². The van der Waals surface area contributed by atoms with Gasteiger partial charge in [-0.05, 0) is 12.2 Å². The largest absolute Gasteiger partial charge is 0.361 e. The van der Waals surface area contributed by atoms with Crippen LogP contribution in [0, 0.1) is 0 Å². The lowest BCUT2D eigenvalue weighted by Crippen LogP contribution is -2.26. The smallest absolute Gasteiger partial charge is 0.166 e. The number of hydrogen-bond acceptors (Lipinski definition) is 3. The summed E-state index contributed by atoms with van der Waals surface area (Å²) in [5.74, 6) is 0.342. The molecule has 0 spiro atoms. The van der Waals surface area contributed by atoms with Gasteiger partial charge in [-0.25, -0.2) is 5.26 Å². The minimum atomic E-state index is 0.183. The van der Waals surface area contributed by atoms with Gasteiger partial charge in [0.2, 0.25) is 0 Å². The minimum absolute atomic E-state index is 0.183. The first-order valence-electron chi connectivity index (χ1n) is 3.26. The van der Waals surface area contributed by atoms with E-state index in [1.165, 1.54) is 0 Å². The van der Waals surface area contributed by atoms with Crippen LogP contribution in [0.1, 0.15) is 6.42 Å². The molecule has 11 heavy (non-hydrogen) atoms. The molecular formula is C6H10N2O2S. The van der Waals surface area contributed by atoms with Gasteiger partial charge >= 0.3 is 0 Å². The predicted octanol–water partition coefficient (Wildman–Crippen LogP) is 0.226. The van der Waals surface area contributed by atoms with Gasteiger partial charge in [0.1, 0.15) is 5.76 Å². The van der Waals surface area contributed by atoms with Gasteiger partial charge in [-0.2, -0.15) is 0 Å². The van der Waals surface area contributed by atoms with Gasteiger partial charge in [-0.3, -0.25) is 0 Å². The van der Waals surface area contributed by atoms with Crippen molar-refractivity contribution in [2.24, 2.45) is 0 Å². The Balaban J connectivity index is 2.28. The average molecular weight is 174 g/mol. The molecular weight excluding hydrogens is 164 g/mol. The molecule has 1 atom stereocenters. The van der Waals surface area contributed by atoms with Crippen LogP contribution in [0.15, 0.2) is 12.3 Å². The Morgan fingerprint density at radius 3 is 3.09 bits per heavy atom. The highest BCUT2D eigenvalue weighted by Crippen LogP contribution is 2.05. The first kappa shape index (κ1) is 8.29. The Morgan fingerprint density at radius 1 is 1.91 bits per heavy atom. The fourth-order valence-electron chi connectivity index (χ4n) is 0.939. The van der Waals surface area contributed by atoms with E-state index in [4.69, 9.17) is 17.5 Å². The van der Waals surface area contributed by atoms with Gasteiger partial charge in [0.15, 0.2) is 5.11 Å². The lowest BCUT2D eigenvalue weighted by Gasteiger charge is -2.07. The Hall–Kier alpha value is -0.810. The van der Waals surface area contributed by atoms with Crippen LogP contribution in [0.4, 0.5) is 0 Å². The molecule has 0 aromatic carbocycles. The second-order valence-corrected chi connectivity index (χ2v) is 2.79. The van der Waals surface area contributed by atoms with Crippen molar-refractivity contribution in [1.29, 1.82) is 0 Å². The standard InChI is InChI=1S/C6H10N2O2S/c1-4(10-9)2-5-3-7-6(11)8-5/h5,9H,1-3H2,(H2,7,8,11). The van der Waals surface area contributed by atoms with E-state index in [9.17, 15) is 0 Å². The fourth-order valence-corrected chi connectivity index (χ4v) is 1.19. The van der Waals surface area contributed by atoms with E-state index in [0.29, 0.717) is 17.3 Å². The van der Waals surface area contributed by atoms with Gasteiger partial charge in [0.05, 0.1) is 6.04 Å². The van der Waals surface area contributed by atoms with E-state index >= 15 is 0 Å².